The van der Waals surface area contributed by atoms with E-state index in [1.807, 2.05) is 6.92 Å². The molecule has 8 nitrogen and oxygen atoms in total. The van der Waals surface area contributed by atoms with Gasteiger partial charge in [-0.2, -0.15) is 0 Å². The van der Waals surface area contributed by atoms with Crippen LogP contribution in [-0.2, 0) is 0 Å². The van der Waals surface area contributed by atoms with E-state index in [-0.39, 0.29) is 24.2 Å². The second-order valence-electron chi connectivity index (χ2n) is 5.52. The van der Waals surface area contributed by atoms with E-state index in [0.717, 1.165) is 19.3 Å². The quantitative estimate of drug-likeness (QED) is 0.321. The smallest absolute Gasteiger partial charge is 0.241 e. The van der Waals surface area contributed by atoms with Gasteiger partial charge in [0.2, 0.25) is 12.1 Å². The summed E-state index contributed by atoms with van der Waals surface area (Å²) in [7, 11) is 0. The third kappa shape index (κ3) is 8.56. The van der Waals surface area contributed by atoms with Crippen molar-refractivity contribution in [1.29, 1.82) is 0 Å². The van der Waals surface area contributed by atoms with Gasteiger partial charge in [-0.15, -0.1) is 0 Å². The first-order valence-electron chi connectivity index (χ1n) is 7.42. The van der Waals surface area contributed by atoms with Crippen LogP contribution >= 0.6 is 0 Å². The molecule has 0 aromatic rings. The molecule has 21 heavy (non-hydrogen) atoms. The van der Waals surface area contributed by atoms with Crippen LogP contribution in [0.2, 0.25) is 0 Å². The number of aliphatic hydroxyl groups excluding tert-OH is 2. The Morgan fingerprint density at radius 1 is 1.00 bits per heavy atom. The van der Waals surface area contributed by atoms with Gasteiger partial charge >= 0.3 is 0 Å². The maximum Gasteiger partial charge on any atom is 0.241 e. The largest absolute Gasteiger partial charge is 0.393 e. The Hall–Kier alpha value is -1.28. The topological polar surface area (TPSA) is 127 Å². The van der Waals surface area contributed by atoms with Gasteiger partial charge in [0.25, 0.3) is 0 Å². The summed E-state index contributed by atoms with van der Waals surface area (Å²) in [5.41, 5.74) is 0. The fourth-order valence-corrected chi connectivity index (χ4v) is 2.27. The van der Waals surface area contributed by atoms with Gasteiger partial charge in [0, 0.05) is 29.1 Å². The molecule has 0 aromatic heterocycles. The number of aliphatic hydroxyl groups is 2. The number of hydrogen-bond acceptors (Lipinski definition) is 6. The molecular formula is C13H26N2O6. The monoisotopic (exact) mass is 306 g/mol. The maximum absolute atomic E-state index is 10.9. The second kappa shape index (κ2) is 10.4. The fourth-order valence-electron chi connectivity index (χ4n) is 2.27. The lowest BCUT2D eigenvalue weighted by atomic mass is 9.97. The van der Waals surface area contributed by atoms with E-state index in [4.69, 9.17) is 0 Å². The van der Waals surface area contributed by atoms with E-state index in [1.54, 1.807) is 0 Å². The van der Waals surface area contributed by atoms with Crippen molar-refractivity contribution in [3.63, 3.8) is 0 Å². The zero-order valence-corrected chi connectivity index (χ0v) is 12.7. The number of unbranched alkanes of at least 4 members (excludes halogenated alkanes) is 2. The van der Waals surface area contributed by atoms with Crippen LogP contribution < -0.4 is 0 Å². The Kier molecular flexibility index (Phi) is 9.81. The van der Waals surface area contributed by atoms with E-state index in [0.29, 0.717) is 6.42 Å². The first-order chi connectivity index (χ1) is 9.79. The molecule has 0 radical (unpaired) electrons. The predicted molar refractivity (Wildman–Crippen MR) is 77.2 cm³/mol. The Morgan fingerprint density at radius 2 is 1.62 bits per heavy atom. The van der Waals surface area contributed by atoms with Crippen molar-refractivity contribution in [2.75, 3.05) is 0 Å². The molecule has 0 aromatic carbocycles. The van der Waals surface area contributed by atoms with Crippen LogP contribution in [0.4, 0.5) is 0 Å². The highest BCUT2D eigenvalue weighted by Crippen LogP contribution is 2.17. The third-order valence-electron chi connectivity index (χ3n) is 3.53. The van der Waals surface area contributed by atoms with E-state index in [9.17, 15) is 30.4 Å². The molecule has 8 heteroatoms. The summed E-state index contributed by atoms with van der Waals surface area (Å²) in [4.78, 5) is 20.8. The summed E-state index contributed by atoms with van der Waals surface area (Å²) in [6.07, 6.45) is 0.814. The van der Waals surface area contributed by atoms with Gasteiger partial charge in [0.05, 0.1) is 6.10 Å². The second-order valence-corrected chi connectivity index (χ2v) is 5.52. The molecule has 0 saturated heterocycles. The molecular weight excluding hydrogens is 280 g/mol. The van der Waals surface area contributed by atoms with E-state index in [2.05, 4.69) is 0 Å². The molecule has 0 rings (SSSR count). The van der Waals surface area contributed by atoms with Crippen molar-refractivity contribution in [2.45, 2.75) is 83.1 Å². The molecule has 2 N–H and O–H groups in total. The normalized spacial score (nSPS) is 17.0. The van der Waals surface area contributed by atoms with Gasteiger partial charge in [-0.3, -0.25) is 20.2 Å². The van der Waals surface area contributed by atoms with Crippen LogP contribution in [0.25, 0.3) is 0 Å². The summed E-state index contributed by atoms with van der Waals surface area (Å²) >= 11 is 0. The SMILES string of the molecule is CCCCCC(CCC(O)C(CC(C)O)[N+](=O)[O-])[N+](=O)[O-]. The molecule has 0 spiro atoms. The van der Waals surface area contributed by atoms with Crippen molar-refractivity contribution >= 4 is 0 Å². The Labute approximate surface area is 124 Å². The minimum absolute atomic E-state index is 0.00383. The molecule has 0 heterocycles. The van der Waals surface area contributed by atoms with Crippen LogP contribution in [0.5, 0.6) is 0 Å². The van der Waals surface area contributed by atoms with E-state index in [1.165, 1.54) is 6.92 Å². The average Bonchev–Trinajstić information content (AvgIpc) is 2.38. The molecule has 0 saturated carbocycles. The van der Waals surface area contributed by atoms with Crippen molar-refractivity contribution in [1.82, 2.24) is 0 Å². The molecule has 0 bridgehead atoms. The van der Waals surface area contributed by atoms with Crippen LogP contribution in [0.3, 0.4) is 0 Å². The molecule has 4 unspecified atom stereocenters. The summed E-state index contributed by atoms with van der Waals surface area (Å²) in [6.45, 7) is 3.41. The standard InChI is InChI=1S/C13H26N2O6/c1-3-4-5-6-11(14(18)19)7-8-13(17)12(15(20)21)9-10(2)16/h10-13,16-17H,3-9H2,1-2H3. The maximum atomic E-state index is 10.9. The minimum atomic E-state index is -1.28. The summed E-state index contributed by atoms with van der Waals surface area (Å²) < 4.78 is 0. The summed E-state index contributed by atoms with van der Waals surface area (Å²) in [6, 6.07) is -2.06. The van der Waals surface area contributed by atoms with E-state index < -0.39 is 29.2 Å². The van der Waals surface area contributed by atoms with Gasteiger partial charge in [-0.05, 0) is 19.8 Å². The van der Waals surface area contributed by atoms with Crippen molar-refractivity contribution in [2.24, 2.45) is 0 Å². The van der Waals surface area contributed by atoms with Crippen LogP contribution in [0.1, 0.15) is 58.8 Å². The van der Waals surface area contributed by atoms with Gasteiger partial charge in [-0.25, -0.2) is 0 Å². The van der Waals surface area contributed by atoms with Crippen LogP contribution in [-0.4, -0.2) is 44.4 Å². The first-order valence-corrected chi connectivity index (χ1v) is 7.42. The van der Waals surface area contributed by atoms with Gasteiger partial charge < -0.3 is 10.2 Å². The molecule has 124 valence electrons. The molecule has 4 atom stereocenters. The highest BCUT2D eigenvalue weighted by molar-refractivity contribution is 4.72. The lowest BCUT2D eigenvalue weighted by Gasteiger charge is -2.18. The first kappa shape index (κ1) is 19.7. The zero-order chi connectivity index (χ0) is 16.4. The van der Waals surface area contributed by atoms with Crippen LogP contribution in [0.15, 0.2) is 0 Å². The van der Waals surface area contributed by atoms with Crippen LogP contribution in [0, 0.1) is 20.2 Å². The lowest BCUT2D eigenvalue weighted by molar-refractivity contribution is -0.540. The number of hydrogen-bond donors (Lipinski definition) is 2. The fraction of sp³-hybridized carbons (Fsp3) is 1.00. The summed E-state index contributed by atoms with van der Waals surface area (Å²) in [5.74, 6) is 0. The lowest BCUT2D eigenvalue weighted by Crippen LogP contribution is -2.37. The number of nitrogens with zero attached hydrogens (tertiary/aromatic N) is 2. The Bertz CT molecular complexity index is 324. The Morgan fingerprint density at radius 3 is 2.05 bits per heavy atom. The summed E-state index contributed by atoms with van der Waals surface area (Å²) in [5, 5.41) is 40.9. The number of nitro groups is 2. The molecule has 0 fully saturated rings. The van der Waals surface area contributed by atoms with E-state index >= 15 is 0 Å². The highest BCUT2D eigenvalue weighted by Gasteiger charge is 2.32. The number of rotatable bonds is 12. The van der Waals surface area contributed by atoms with Gasteiger partial charge in [0.15, 0.2) is 0 Å². The van der Waals surface area contributed by atoms with Gasteiger partial charge in [0.1, 0.15) is 6.10 Å². The van der Waals surface area contributed by atoms with Crippen molar-refractivity contribution < 1.29 is 20.1 Å². The minimum Gasteiger partial charge on any atom is -0.393 e. The van der Waals surface area contributed by atoms with Gasteiger partial charge in [-0.1, -0.05) is 19.8 Å². The zero-order valence-electron chi connectivity index (χ0n) is 12.7. The molecule has 0 amide bonds. The Balaban J connectivity index is 4.40. The molecule has 0 aliphatic carbocycles. The predicted octanol–water partition coefficient (Wildman–Crippen LogP) is 1.77. The highest BCUT2D eigenvalue weighted by atomic mass is 16.6. The van der Waals surface area contributed by atoms with Crippen molar-refractivity contribution in [3.05, 3.63) is 20.2 Å². The molecule has 0 aliphatic heterocycles. The average molecular weight is 306 g/mol. The molecule has 0 aliphatic rings. The van der Waals surface area contributed by atoms with Crippen molar-refractivity contribution in [3.8, 4) is 0 Å². The third-order valence-corrected chi connectivity index (χ3v) is 3.53.